The Kier molecular flexibility index (Phi) is 3.20. The van der Waals surface area contributed by atoms with E-state index >= 15 is 0 Å². The van der Waals surface area contributed by atoms with Gasteiger partial charge in [0.25, 0.3) is 0 Å². The van der Waals surface area contributed by atoms with Gasteiger partial charge in [-0.1, -0.05) is 20.8 Å². The molecule has 22 heavy (non-hydrogen) atoms. The van der Waals surface area contributed by atoms with Gasteiger partial charge in [-0.2, -0.15) is 0 Å². The Hall–Kier alpha value is -0.900. The normalized spacial score (nSPS) is 36.6. The summed E-state index contributed by atoms with van der Waals surface area (Å²) in [5.41, 5.74) is 1.23. The van der Waals surface area contributed by atoms with E-state index in [0.717, 1.165) is 22.9 Å². The van der Waals surface area contributed by atoms with E-state index in [-0.39, 0.29) is 11.3 Å². The minimum Gasteiger partial charge on any atom is -0.302 e. The Labute approximate surface area is 136 Å². The second-order valence-corrected chi connectivity index (χ2v) is 9.80. The lowest BCUT2D eigenvalue weighted by Gasteiger charge is -2.56. The molecule has 3 nitrogen and oxygen atoms in total. The highest BCUT2D eigenvalue weighted by Crippen LogP contribution is 2.60. The molecule has 1 N–H and O–H groups in total. The van der Waals surface area contributed by atoms with Gasteiger partial charge in [0.05, 0.1) is 5.69 Å². The van der Waals surface area contributed by atoms with Gasteiger partial charge in [0, 0.05) is 16.2 Å². The number of hydrogen-bond donors (Lipinski definition) is 1. The third-order valence-electron chi connectivity index (χ3n) is 5.99. The SMILES string of the molecule is CC(C)(C)C(=O)Nc1nc(C23CC4CC(CC(C4)C2)C3)cs1. The smallest absolute Gasteiger partial charge is 0.231 e. The van der Waals surface area contributed by atoms with Crippen LogP contribution in [-0.4, -0.2) is 10.9 Å². The molecule has 1 amide bonds. The van der Waals surface area contributed by atoms with Crippen LogP contribution in [0.25, 0.3) is 0 Å². The van der Waals surface area contributed by atoms with Crippen LogP contribution in [0.3, 0.4) is 0 Å². The van der Waals surface area contributed by atoms with Crippen molar-refractivity contribution < 1.29 is 4.79 Å². The van der Waals surface area contributed by atoms with Gasteiger partial charge in [0.1, 0.15) is 0 Å². The van der Waals surface area contributed by atoms with E-state index in [2.05, 4.69) is 10.7 Å². The molecule has 1 aromatic heterocycles. The summed E-state index contributed by atoms with van der Waals surface area (Å²) >= 11 is 1.60. The van der Waals surface area contributed by atoms with Gasteiger partial charge in [-0.3, -0.25) is 4.79 Å². The Morgan fingerprint density at radius 3 is 2.23 bits per heavy atom. The zero-order chi connectivity index (χ0) is 15.5. The maximum atomic E-state index is 12.1. The fraction of sp³-hybridized carbons (Fsp3) is 0.778. The molecule has 0 unspecified atom stereocenters. The third-order valence-corrected chi connectivity index (χ3v) is 6.75. The van der Waals surface area contributed by atoms with Crippen LogP contribution in [0.2, 0.25) is 0 Å². The van der Waals surface area contributed by atoms with Gasteiger partial charge >= 0.3 is 0 Å². The molecular formula is C18H26N2OS. The van der Waals surface area contributed by atoms with Gasteiger partial charge in [0.2, 0.25) is 5.91 Å². The summed E-state index contributed by atoms with van der Waals surface area (Å²) in [6, 6.07) is 0. The van der Waals surface area contributed by atoms with E-state index in [1.807, 2.05) is 20.8 Å². The van der Waals surface area contributed by atoms with Crippen LogP contribution in [-0.2, 0) is 10.2 Å². The molecule has 0 saturated heterocycles. The van der Waals surface area contributed by atoms with Gasteiger partial charge in [-0.15, -0.1) is 11.3 Å². The second kappa shape index (κ2) is 4.80. The number of aromatic nitrogens is 1. The summed E-state index contributed by atoms with van der Waals surface area (Å²) in [5, 5.41) is 6.00. The van der Waals surface area contributed by atoms with Crippen LogP contribution in [0.5, 0.6) is 0 Å². The molecule has 4 aliphatic carbocycles. The van der Waals surface area contributed by atoms with Crippen LogP contribution in [0.15, 0.2) is 5.38 Å². The van der Waals surface area contributed by atoms with Gasteiger partial charge in [-0.25, -0.2) is 4.98 Å². The molecule has 4 fully saturated rings. The van der Waals surface area contributed by atoms with E-state index in [1.54, 1.807) is 11.3 Å². The number of rotatable bonds is 2. The van der Waals surface area contributed by atoms with Crippen molar-refractivity contribution in [3.63, 3.8) is 0 Å². The zero-order valence-corrected chi connectivity index (χ0v) is 14.6. The van der Waals surface area contributed by atoms with Crippen molar-refractivity contribution in [2.24, 2.45) is 23.2 Å². The zero-order valence-electron chi connectivity index (χ0n) is 13.8. The molecule has 1 aromatic rings. The molecule has 4 bridgehead atoms. The molecule has 0 atom stereocenters. The van der Waals surface area contributed by atoms with Crippen molar-refractivity contribution in [3.05, 3.63) is 11.1 Å². The highest BCUT2D eigenvalue weighted by Gasteiger charge is 2.52. The van der Waals surface area contributed by atoms with Crippen molar-refractivity contribution in [2.45, 2.75) is 64.7 Å². The first kappa shape index (κ1) is 14.7. The van der Waals surface area contributed by atoms with Crippen molar-refractivity contribution in [3.8, 4) is 0 Å². The lowest BCUT2D eigenvalue weighted by atomic mass is 9.49. The van der Waals surface area contributed by atoms with Crippen LogP contribution < -0.4 is 5.32 Å². The maximum absolute atomic E-state index is 12.1. The molecule has 0 aliphatic heterocycles. The number of thiazole rings is 1. The average molecular weight is 318 g/mol. The maximum Gasteiger partial charge on any atom is 0.231 e. The van der Waals surface area contributed by atoms with Crippen LogP contribution in [0.4, 0.5) is 5.13 Å². The number of anilines is 1. The fourth-order valence-corrected chi connectivity index (χ4v) is 6.11. The first-order valence-corrected chi connectivity index (χ1v) is 9.49. The Balaban J connectivity index is 1.56. The van der Waals surface area contributed by atoms with E-state index < -0.39 is 0 Å². The molecular weight excluding hydrogens is 292 g/mol. The van der Waals surface area contributed by atoms with Crippen LogP contribution in [0, 0.1) is 23.2 Å². The molecule has 4 saturated carbocycles. The summed E-state index contributed by atoms with van der Waals surface area (Å²) in [6.07, 6.45) is 8.35. The molecule has 5 rings (SSSR count). The number of nitrogens with one attached hydrogen (secondary N) is 1. The summed E-state index contributed by atoms with van der Waals surface area (Å²) in [7, 11) is 0. The van der Waals surface area contributed by atoms with E-state index in [4.69, 9.17) is 4.98 Å². The average Bonchev–Trinajstić information content (AvgIpc) is 2.85. The lowest BCUT2D eigenvalue weighted by molar-refractivity contribution is -0.123. The van der Waals surface area contributed by atoms with Crippen molar-refractivity contribution in [1.29, 1.82) is 0 Å². The Morgan fingerprint density at radius 2 is 1.73 bits per heavy atom. The molecule has 4 aliphatic rings. The third kappa shape index (κ3) is 2.40. The Morgan fingerprint density at radius 1 is 1.18 bits per heavy atom. The van der Waals surface area contributed by atoms with Gasteiger partial charge in [-0.05, 0) is 56.3 Å². The molecule has 0 aromatic carbocycles. The van der Waals surface area contributed by atoms with E-state index in [0.29, 0.717) is 5.41 Å². The predicted octanol–water partition coefficient (Wildman–Crippen LogP) is 4.60. The van der Waals surface area contributed by atoms with E-state index in [1.165, 1.54) is 44.2 Å². The minimum absolute atomic E-state index is 0.0545. The van der Waals surface area contributed by atoms with Gasteiger partial charge in [0.15, 0.2) is 5.13 Å². The number of carbonyl (C=O) groups excluding carboxylic acids is 1. The standard InChI is InChI=1S/C18H26N2OS/c1-17(2,3)15(21)20-16-19-14(10-22-16)18-7-11-4-12(8-18)6-13(5-11)9-18/h10-13H,4-9H2,1-3H3,(H,19,20,21). The molecule has 0 radical (unpaired) electrons. The van der Waals surface area contributed by atoms with Crippen molar-refractivity contribution in [2.75, 3.05) is 5.32 Å². The summed E-state index contributed by atoms with van der Waals surface area (Å²) in [6.45, 7) is 5.82. The largest absolute Gasteiger partial charge is 0.302 e. The second-order valence-electron chi connectivity index (χ2n) is 8.94. The number of nitrogens with zero attached hydrogens (tertiary/aromatic N) is 1. The monoisotopic (exact) mass is 318 g/mol. The fourth-order valence-electron chi connectivity index (χ4n) is 5.28. The minimum atomic E-state index is -0.369. The van der Waals surface area contributed by atoms with Gasteiger partial charge < -0.3 is 5.32 Å². The van der Waals surface area contributed by atoms with E-state index in [9.17, 15) is 4.79 Å². The summed E-state index contributed by atoms with van der Waals surface area (Å²) < 4.78 is 0. The van der Waals surface area contributed by atoms with Crippen LogP contribution >= 0.6 is 11.3 Å². The first-order chi connectivity index (χ1) is 10.3. The molecule has 4 heteroatoms. The Bertz CT molecular complexity index is 563. The molecule has 0 spiro atoms. The van der Waals surface area contributed by atoms with Crippen molar-refractivity contribution in [1.82, 2.24) is 4.98 Å². The molecule has 120 valence electrons. The number of carbonyl (C=O) groups is 1. The molecule has 1 heterocycles. The lowest BCUT2D eigenvalue weighted by Crippen LogP contribution is -2.48. The van der Waals surface area contributed by atoms with Crippen LogP contribution in [0.1, 0.15) is 65.0 Å². The summed E-state index contributed by atoms with van der Waals surface area (Å²) in [4.78, 5) is 17.0. The number of amides is 1. The van der Waals surface area contributed by atoms with Crippen molar-refractivity contribution >= 4 is 22.4 Å². The predicted molar refractivity (Wildman–Crippen MR) is 90.0 cm³/mol. The summed E-state index contributed by atoms with van der Waals surface area (Å²) in [5.74, 6) is 2.85. The number of hydrogen-bond acceptors (Lipinski definition) is 3. The quantitative estimate of drug-likeness (QED) is 0.866. The highest BCUT2D eigenvalue weighted by molar-refractivity contribution is 7.14. The first-order valence-electron chi connectivity index (χ1n) is 8.61. The topological polar surface area (TPSA) is 42.0 Å². The highest BCUT2D eigenvalue weighted by atomic mass is 32.1.